The molecule has 0 unspecified atom stereocenters. The molecule has 20 heavy (non-hydrogen) atoms. The van der Waals surface area contributed by atoms with Crippen molar-refractivity contribution in [2.75, 3.05) is 13.1 Å². The number of benzene rings is 1. The highest BCUT2D eigenvalue weighted by Crippen LogP contribution is 2.20. The van der Waals surface area contributed by atoms with Gasteiger partial charge in [0, 0.05) is 6.54 Å². The lowest BCUT2D eigenvalue weighted by atomic mass is 10.2. The lowest BCUT2D eigenvalue weighted by Crippen LogP contribution is -2.33. The van der Waals surface area contributed by atoms with Crippen LogP contribution in [-0.2, 0) is 10.0 Å². The molecule has 5 nitrogen and oxygen atoms in total. The second-order valence-electron chi connectivity index (χ2n) is 3.83. The van der Waals surface area contributed by atoms with Crippen molar-refractivity contribution in [3.05, 3.63) is 29.3 Å². The fourth-order valence-corrected chi connectivity index (χ4v) is 2.26. The SMILES string of the molecule is C#CCN(CC)C(=O)c1cc(F)c(F)cc1S(N)(=O)=O. The predicted molar refractivity (Wildman–Crippen MR) is 68.1 cm³/mol. The quantitative estimate of drug-likeness (QED) is 0.832. The number of terminal acetylenes is 1. The molecule has 0 aliphatic carbocycles. The van der Waals surface area contributed by atoms with Gasteiger partial charge in [-0.2, -0.15) is 0 Å². The predicted octanol–water partition coefficient (Wildman–Crippen LogP) is 0.708. The Labute approximate surface area is 115 Å². The van der Waals surface area contributed by atoms with Crippen LogP contribution in [0.5, 0.6) is 0 Å². The number of hydrogen-bond acceptors (Lipinski definition) is 3. The van der Waals surface area contributed by atoms with Crippen molar-refractivity contribution in [3.8, 4) is 12.3 Å². The molecule has 0 aliphatic rings. The smallest absolute Gasteiger partial charge is 0.256 e. The Morgan fingerprint density at radius 1 is 1.40 bits per heavy atom. The minimum absolute atomic E-state index is 0.0988. The van der Waals surface area contributed by atoms with Gasteiger partial charge in [0.15, 0.2) is 11.6 Å². The maximum atomic E-state index is 13.2. The summed E-state index contributed by atoms with van der Waals surface area (Å²) < 4.78 is 49.1. The molecular weight excluding hydrogens is 290 g/mol. The Bertz CT molecular complexity index is 681. The van der Waals surface area contributed by atoms with Crippen molar-refractivity contribution >= 4 is 15.9 Å². The fourth-order valence-electron chi connectivity index (χ4n) is 1.54. The monoisotopic (exact) mass is 302 g/mol. The number of primary sulfonamides is 1. The van der Waals surface area contributed by atoms with Gasteiger partial charge in [0.25, 0.3) is 5.91 Å². The van der Waals surface area contributed by atoms with E-state index in [2.05, 4.69) is 5.92 Å². The van der Waals surface area contributed by atoms with Crippen molar-refractivity contribution in [2.45, 2.75) is 11.8 Å². The van der Waals surface area contributed by atoms with Crippen LogP contribution in [0.25, 0.3) is 0 Å². The molecule has 1 rings (SSSR count). The number of amides is 1. The summed E-state index contributed by atoms with van der Waals surface area (Å²) in [5.41, 5.74) is -0.552. The Hall–Kier alpha value is -1.98. The largest absolute Gasteiger partial charge is 0.328 e. The lowest BCUT2D eigenvalue weighted by Gasteiger charge is -2.19. The Kier molecular flexibility index (Phi) is 4.81. The van der Waals surface area contributed by atoms with Crippen molar-refractivity contribution in [3.63, 3.8) is 0 Å². The molecule has 108 valence electrons. The molecule has 0 radical (unpaired) electrons. The topological polar surface area (TPSA) is 80.5 Å². The van der Waals surface area contributed by atoms with Crippen molar-refractivity contribution in [2.24, 2.45) is 5.14 Å². The zero-order chi connectivity index (χ0) is 15.5. The molecule has 1 aromatic rings. The number of halogens is 2. The maximum Gasteiger partial charge on any atom is 0.256 e. The molecule has 0 fully saturated rings. The molecule has 0 spiro atoms. The van der Waals surface area contributed by atoms with E-state index >= 15 is 0 Å². The number of carbonyl (C=O) groups is 1. The number of rotatable bonds is 4. The van der Waals surface area contributed by atoms with Crippen LogP contribution < -0.4 is 5.14 Å². The number of nitrogens with two attached hydrogens (primary N) is 1. The van der Waals surface area contributed by atoms with E-state index < -0.39 is 38.0 Å². The van der Waals surface area contributed by atoms with Gasteiger partial charge in [0.1, 0.15) is 0 Å². The van der Waals surface area contributed by atoms with E-state index in [0.29, 0.717) is 12.1 Å². The molecule has 0 bridgehead atoms. The molecule has 0 heterocycles. The highest BCUT2D eigenvalue weighted by atomic mass is 32.2. The molecule has 0 atom stereocenters. The Balaban J connectivity index is 3.48. The summed E-state index contributed by atoms with van der Waals surface area (Å²) in [6.07, 6.45) is 5.08. The molecule has 2 N–H and O–H groups in total. The van der Waals surface area contributed by atoms with E-state index in [1.54, 1.807) is 6.92 Å². The highest BCUT2D eigenvalue weighted by molar-refractivity contribution is 7.89. The Morgan fingerprint density at radius 2 is 1.95 bits per heavy atom. The summed E-state index contributed by atoms with van der Waals surface area (Å²) in [5, 5.41) is 4.90. The normalized spacial score (nSPS) is 10.9. The van der Waals surface area contributed by atoms with Crippen molar-refractivity contribution in [1.29, 1.82) is 0 Å². The lowest BCUT2D eigenvalue weighted by molar-refractivity contribution is 0.0780. The van der Waals surface area contributed by atoms with Crippen LogP contribution in [0.15, 0.2) is 17.0 Å². The maximum absolute atomic E-state index is 13.2. The van der Waals surface area contributed by atoms with Crippen LogP contribution >= 0.6 is 0 Å². The summed E-state index contributed by atoms with van der Waals surface area (Å²) in [6.45, 7) is 1.68. The zero-order valence-corrected chi connectivity index (χ0v) is 11.4. The standard InChI is InChI=1S/C12H12F2N2O3S/c1-3-5-16(4-2)12(17)8-6-9(13)10(14)7-11(8)20(15,18)19/h1,6-7H,4-5H2,2H3,(H2,15,18,19). The molecular formula is C12H12F2N2O3S. The van der Waals surface area contributed by atoms with E-state index in [0.717, 1.165) is 4.90 Å². The molecule has 1 amide bonds. The number of carbonyl (C=O) groups excluding carboxylic acids is 1. The zero-order valence-electron chi connectivity index (χ0n) is 10.6. The van der Waals surface area contributed by atoms with Gasteiger partial charge in [-0.3, -0.25) is 4.79 Å². The van der Waals surface area contributed by atoms with Crippen LogP contribution in [0, 0.1) is 24.0 Å². The third kappa shape index (κ3) is 3.31. The average Bonchev–Trinajstić information content (AvgIpc) is 2.36. The third-order valence-corrected chi connectivity index (χ3v) is 3.46. The number of nitrogens with zero attached hydrogens (tertiary/aromatic N) is 1. The van der Waals surface area contributed by atoms with Crippen LogP contribution in [0.4, 0.5) is 8.78 Å². The van der Waals surface area contributed by atoms with E-state index in [-0.39, 0.29) is 13.1 Å². The first-order chi connectivity index (χ1) is 9.22. The number of hydrogen-bond donors (Lipinski definition) is 1. The van der Waals surface area contributed by atoms with Crippen LogP contribution in [0.2, 0.25) is 0 Å². The van der Waals surface area contributed by atoms with Crippen LogP contribution in [-0.4, -0.2) is 32.3 Å². The summed E-state index contributed by atoms with van der Waals surface area (Å²) in [6, 6.07) is 0.873. The molecule has 0 saturated heterocycles. The van der Waals surface area contributed by atoms with Gasteiger partial charge >= 0.3 is 0 Å². The molecule has 0 aromatic heterocycles. The second-order valence-corrected chi connectivity index (χ2v) is 5.36. The molecule has 1 aromatic carbocycles. The van der Waals surface area contributed by atoms with Crippen LogP contribution in [0.3, 0.4) is 0 Å². The van der Waals surface area contributed by atoms with Gasteiger partial charge in [-0.05, 0) is 19.1 Å². The first-order valence-electron chi connectivity index (χ1n) is 5.47. The van der Waals surface area contributed by atoms with Gasteiger partial charge in [-0.25, -0.2) is 22.3 Å². The van der Waals surface area contributed by atoms with Gasteiger partial charge in [0.05, 0.1) is 17.0 Å². The summed E-state index contributed by atoms with van der Waals surface area (Å²) >= 11 is 0. The molecule has 0 saturated carbocycles. The van der Waals surface area contributed by atoms with Crippen LogP contribution in [0.1, 0.15) is 17.3 Å². The van der Waals surface area contributed by atoms with Gasteiger partial charge in [-0.1, -0.05) is 5.92 Å². The molecule has 8 heteroatoms. The van der Waals surface area contributed by atoms with E-state index in [1.165, 1.54) is 0 Å². The minimum Gasteiger partial charge on any atom is -0.328 e. The van der Waals surface area contributed by atoms with E-state index in [1.807, 2.05) is 0 Å². The third-order valence-electron chi connectivity index (χ3n) is 2.51. The molecule has 0 aliphatic heterocycles. The van der Waals surface area contributed by atoms with E-state index in [4.69, 9.17) is 11.6 Å². The summed E-state index contributed by atoms with van der Waals surface area (Å²) in [5.74, 6) is -1.39. The minimum atomic E-state index is -4.38. The Morgan fingerprint density at radius 3 is 2.40 bits per heavy atom. The average molecular weight is 302 g/mol. The first-order valence-corrected chi connectivity index (χ1v) is 7.01. The fraction of sp³-hybridized carbons (Fsp3) is 0.250. The van der Waals surface area contributed by atoms with Crippen molar-refractivity contribution in [1.82, 2.24) is 4.90 Å². The van der Waals surface area contributed by atoms with Gasteiger partial charge in [-0.15, -0.1) is 6.42 Å². The first kappa shape index (κ1) is 16.1. The highest BCUT2D eigenvalue weighted by Gasteiger charge is 2.25. The van der Waals surface area contributed by atoms with E-state index in [9.17, 15) is 22.0 Å². The van der Waals surface area contributed by atoms with Gasteiger partial charge in [0.2, 0.25) is 10.0 Å². The summed E-state index contributed by atoms with van der Waals surface area (Å²) in [7, 11) is -4.38. The summed E-state index contributed by atoms with van der Waals surface area (Å²) in [4.78, 5) is 12.4. The second kappa shape index (κ2) is 5.98. The van der Waals surface area contributed by atoms with Gasteiger partial charge < -0.3 is 4.90 Å². The van der Waals surface area contributed by atoms with Crippen molar-refractivity contribution < 1.29 is 22.0 Å². The number of sulfonamides is 1.